The highest BCUT2D eigenvalue weighted by Crippen LogP contribution is 2.45. The zero-order valence-electron chi connectivity index (χ0n) is 17.3. The maximum atomic E-state index is 12.5. The van der Waals surface area contributed by atoms with Crippen molar-refractivity contribution in [3.8, 4) is 0 Å². The number of thioether (sulfide) groups is 1. The van der Waals surface area contributed by atoms with Gasteiger partial charge in [0.05, 0.1) is 10.6 Å². The molecule has 7 heteroatoms. The molecule has 0 unspecified atom stereocenters. The fourth-order valence-corrected chi connectivity index (χ4v) is 5.28. The smallest absolute Gasteiger partial charge is 0.264 e. The number of carbonyl (C=O) groups excluding carboxylic acids is 1. The standard InChI is InChI=1S/C23H23BrClN3OS/c1-13-12-23(2,3)28(4)19-11-18(25)14(9-17(13)19)10-20-21(29)27-22(30-20)26-16-7-5-15(24)6-8-16/h5-11,13H,12H2,1-4H3,(H,26,27,29)/b20-10-/t13-/m0/s1. The first-order valence-corrected chi connectivity index (χ1v) is 11.8. The van der Waals surface area contributed by atoms with Crippen molar-refractivity contribution in [1.82, 2.24) is 5.32 Å². The number of amidine groups is 1. The van der Waals surface area contributed by atoms with Crippen molar-refractivity contribution in [2.45, 2.75) is 38.6 Å². The molecule has 2 heterocycles. The molecule has 2 aromatic carbocycles. The summed E-state index contributed by atoms with van der Waals surface area (Å²) >= 11 is 11.4. The number of nitrogens with one attached hydrogen (secondary N) is 1. The van der Waals surface area contributed by atoms with E-state index in [1.807, 2.05) is 36.4 Å². The van der Waals surface area contributed by atoms with E-state index in [9.17, 15) is 4.79 Å². The van der Waals surface area contributed by atoms with Crippen LogP contribution in [-0.2, 0) is 4.79 Å². The predicted octanol–water partition coefficient (Wildman–Crippen LogP) is 6.72. The number of amides is 1. The van der Waals surface area contributed by atoms with Crippen molar-refractivity contribution in [3.63, 3.8) is 0 Å². The van der Waals surface area contributed by atoms with Gasteiger partial charge < -0.3 is 10.2 Å². The Balaban J connectivity index is 1.64. The first-order valence-electron chi connectivity index (χ1n) is 9.76. The molecule has 156 valence electrons. The summed E-state index contributed by atoms with van der Waals surface area (Å²) in [5, 5.41) is 4.05. The number of halogens is 2. The highest BCUT2D eigenvalue weighted by molar-refractivity contribution is 9.10. The van der Waals surface area contributed by atoms with Crippen LogP contribution in [0.5, 0.6) is 0 Å². The fourth-order valence-electron chi connectivity index (χ4n) is 3.97. The van der Waals surface area contributed by atoms with Crippen LogP contribution in [0.15, 0.2) is 50.8 Å². The average Bonchev–Trinajstić information content (AvgIpc) is 3.01. The van der Waals surface area contributed by atoms with Crippen LogP contribution < -0.4 is 10.2 Å². The Morgan fingerprint density at radius 3 is 2.70 bits per heavy atom. The largest absolute Gasteiger partial charge is 0.369 e. The van der Waals surface area contributed by atoms with Gasteiger partial charge >= 0.3 is 0 Å². The van der Waals surface area contributed by atoms with Gasteiger partial charge in [-0.2, -0.15) is 0 Å². The van der Waals surface area contributed by atoms with Crippen LogP contribution in [0, 0.1) is 0 Å². The molecule has 1 amide bonds. The summed E-state index contributed by atoms with van der Waals surface area (Å²) in [7, 11) is 2.12. The molecule has 1 saturated heterocycles. The molecule has 2 aliphatic heterocycles. The monoisotopic (exact) mass is 503 g/mol. The van der Waals surface area contributed by atoms with Crippen molar-refractivity contribution >= 4 is 67.8 Å². The quantitative estimate of drug-likeness (QED) is 0.462. The number of anilines is 1. The second-order valence-corrected chi connectivity index (χ2v) is 10.7. The highest BCUT2D eigenvalue weighted by Gasteiger charge is 2.34. The highest BCUT2D eigenvalue weighted by atomic mass is 79.9. The van der Waals surface area contributed by atoms with Crippen molar-refractivity contribution in [3.05, 3.63) is 61.9 Å². The number of carbonyl (C=O) groups is 1. The van der Waals surface area contributed by atoms with Gasteiger partial charge in [0.2, 0.25) is 0 Å². The van der Waals surface area contributed by atoms with E-state index in [4.69, 9.17) is 11.6 Å². The SMILES string of the molecule is C[C@H]1CC(C)(C)N(C)c2cc(Cl)c(/C=C3\SC(=Nc4ccc(Br)cc4)NC3=O)cc21. The minimum atomic E-state index is -0.157. The van der Waals surface area contributed by atoms with Crippen LogP contribution in [-0.4, -0.2) is 23.7 Å². The Kier molecular flexibility index (Phi) is 5.77. The van der Waals surface area contributed by atoms with E-state index in [-0.39, 0.29) is 11.4 Å². The summed E-state index contributed by atoms with van der Waals surface area (Å²) in [4.78, 5) is 19.9. The molecule has 4 nitrogen and oxygen atoms in total. The lowest BCUT2D eigenvalue weighted by atomic mass is 9.80. The zero-order chi connectivity index (χ0) is 21.6. The number of hydrogen-bond acceptors (Lipinski definition) is 4. The van der Waals surface area contributed by atoms with Crippen LogP contribution in [0.2, 0.25) is 5.02 Å². The molecule has 0 spiro atoms. The van der Waals surface area contributed by atoms with Crippen molar-refractivity contribution in [2.75, 3.05) is 11.9 Å². The number of nitrogens with zero attached hydrogens (tertiary/aromatic N) is 2. The molecule has 2 aliphatic rings. The topological polar surface area (TPSA) is 44.7 Å². The van der Waals surface area contributed by atoms with E-state index in [1.165, 1.54) is 17.3 Å². The Labute approximate surface area is 194 Å². The third-order valence-corrected chi connectivity index (χ3v) is 7.51. The molecule has 30 heavy (non-hydrogen) atoms. The lowest BCUT2D eigenvalue weighted by molar-refractivity contribution is -0.115. The molecule has 0 aliphatic carbocycles. The predicted molar refractivity (Wildman–Crippen MR) is 132 cm³/mol. The van der Waals surface area contributed by atoms with E-state index in [0.717, 1.165) is 27.8 Å². The van der Waals surface area contributed by atoms with Crippen molar-refractivity contribution in [2.24, 2.45) is 4.99 Å². The van der Waals surface area contributed by atoms with Gasteiger partial charge in [-0.25, -0.2) is 4.99 Å². The molecule has 2 aromatic rings. The third kappa shape index (κ3) is 4.18. The van der Waals surface area contributed by atoms with E-state index in [2.05, 4.69) is 65.0 Å². The van der Waals surface area contributed by atoms with Crippen molar-refractivity contribution < 1.29 is 4.79 Å². The summed E-state index contributed by atoms with van der Waals surface area (Å²) in [6.45, 7) is 6.75. The number of benzene rings is 2. The van der Waals surface area contributed by atoms with Gasteiger partial charge in [-0.3, -0.25) is 4.79 Å². The van der Waals surface area contributed by atoms with Crippen LogP contribution >= 0.6 is 39.3 Å². The van der Waals surface area contributed by atoms with Gasteiger partial charge in [0.25, 0.3) is 5.91 Å². The van der Waals surface area contributed by atoms with Crippen LogP contribution in [0.3, 0.4) is 0 Å². The second-order valence-electron chi connectivity index (χ2n) is 8.37. The van der Waals surface area contributed by atoms with E-state index in [1.54, 1.807) is 0 Å². The molecule has 0 radical (unpaired) electrons. The first kappa shape index (κ1) is 21.5. The molecule has 1 fully saturated rings. The summed E-state index contributed by atoms with van der Waals surface area (Å²) < 4.78 is 0.987. The van der Waals surface area contributed by atoms with Gasteiger partial charge in [0.15, 0.2) is 5.17 Å². The Bertz CT molecular complexity index is 1080. The van der Waals surface area contributed by atoms with E-state index >= 15 is 0 Å². The molecule has 1 N–H and O–H groups in total. The van der Waals surface area contributed by atoms with E-state index in [0.29, 0.717) is 21.0 Å². The molecule has 0 aromatic heterocycles. The number of aliphatic imine (C=N–C) groups is 1. The fraction of sp³-hybridized carbons (Fsp3) is 0.304. The number of fused-ring (bicyclic) bond motifs is 1. The number of rotatable bonds is 2. The molecular weight excluding hydrogens is 482 g/mol. The zero-order valence-corrected chi connectivity index (χ0v) is 20.5. The van der Waals surface area contributed by atoms with Gasteiger partial charge in [0, 0.05) is 27.8 Å². The molecular formula is C23H23BrClN3OS. The van der Waals surface area contributed by atoms with Crippen molar-refractivity contribution in [1.29, 1.82) is 0 Å². The molecule has 4 rings (SSSR count). The Hall–Kier alpha value is -1.76. The minimum Gasteiger partial charge on any atom is -0.369 e. The average molecular weight is 505 g/mol. The minimum absolute atomic E-state index is 0.0787. The third-order valence-electron chi connectivity index (χ3n) is 5.75. The normalized spacial score (nSPS) is 23.1. The van der Waals surface area contributed by atoms with Crippen LogP contribution in [0.4, 0.5) is 11.4 Å². The van der Waals surface area contributed by atoms with Gasteiger partial charge in [-0.05, 0) is 91.5 Å². The Morgan fingerprint density at radius 2 is 2.00 bits per heavy atom. The Morgan fingerprint density at radius 1 is 1.30 bits per heavy atom. The van der Waals surface area contributed by atoms with Crippen LogP contribution in [0.25, 0.3) is 6.08 Å². The van der Waals surface area contributed by atoms with Crippen LogP contribution in [0.1, 0.15) is 44.2 Å². The van der Waals surface area contributed by atoms with Gasteiger partial charge in [0.1, 0.15) is 0 Å². The lowest BCUT2D eigenvalue weighted by Gasteiger charge is -2.45. The molecule has 0 saturated carbocycles. The second kappa shape index (κ2) is 8.06. The summed E-state index contributed by atoms with van der Waals surface area (Å²) in [6, 6.07) is 11.8. The van der Waals surface area contributed by atoms with E-state index < -0.39 is 0 Å². The maximum absolute atomic E-state index is 12.5. The summed E-state index contributed by atoms with van der Waals surface area (Å²) in [6.07, 6.45) is 2.92. The molecule has 1 atom stereocenters. The summed E-state index contributed by atoms with van der Waals surface area (Å²) in [5.74, 6) is 0.260. The maximum Gasteiger partial charge on any atom is 0.264 e. The van der Waals surface area contributed by atoms with Gasteiger partial charge in [-0.1, -0.05) is 34.5 Å². The van der Waals surface area contributed by atoms with Gasteiger partial charge in [-0.15, -0.1) is 0 Å². The molecule has 0 bridgehead atoms. The lowest BCUT2D eigenvalue weighted by Crippen LogP contribution is -2.45. The summed E-state index contributed by atoms with van der Waals surface area (Å²) in [5.41, 5.74) is 4.15. The first-order chi connectivity index (χ1) is 14.1. The number of hydrogen-bond donors (Lipinski definition) is 1.